The second-order valence-electron chi connectivity index (χ2n) is 6.18. The van der Waals surface area contributed by atoms with Gasteiger partial charge in [0.2, 0.25) is 5.91 Å². The Labute approximate surface area is 148 Å². The number of nitrogens with two attached hydrogens (primary N) is 1. The Morgan fingerprint density at radius 2 is 1.48 bits per heavy atom. The summed E-state index contributed by atoms with van der Waals surface area (Å²) in [6.45, 7) is 1.96. The lowest BCUT2D eigenvalue weighted by Crippen LogP contribution is -2.51. The predicted octanol–water partition coefficient (Wildman–Crippen LogP) is 2.40. The van der Waals surface area contributed by atoms with Crippen LogP contribution in [0.15, 0.2) is 60.7 Å². The number of carbonyl (C=O) groups is 2. The molecule has 0 aliphatic heterocycles. The molecule has 132 valence electrons. The van der Waals surface area contributed by atoms with Gasteiger partial charge in [-0.25, -0.2) is 4.79 Å². The van der Waals surface area contributed by atoms with Gasteiger partial charge in [-0.1, -0.05) is 60.7 Å². The molecule has 3 amide bonds. The second kappa shape index (κ2) is 9.47. The molecule has 0 aliphatic carbocycles. The summed E-state index contributed by atoms with van der Waals surface area (Å²) in [6.07, 6.45) is 2.11. The molecule has 0 spiro atoms. The van der Waals surface area contributed by atoms with Gasteiger partial charge in [-0.05, 0) is 30.9 Å². The van der Waals surface area contributed by atoms with Crippen molar-refractivity contribution in [3.05, 3.63) is 71.8 Å². The second-order valence-corrected chi connectivity index (χ2v) is 6.18. The van der Waals surface area contributed by atoms with Crippen LogP contribution in [0.1, 0.15) is 24.5 Å². The molecule has 0 fully saturated rings. The van der Waals surface area contributed by atoms with E-state index in [1.807, 2.05) is 55.5 Å². The number of nitrogens with one attached hydrogen (secondary N) is 2. The van der Waals surface area contributed by atoms with Crippen molar-refractivity contribution in [1.29, 1.82) is 0 Å². The summed E-state index contributed by atoms with van der Waals surface area (Å²) in [7, 11) is 0. The molecular formula is C20H25N3O2. The molecule has 0 saturated carbocycles. The highest BCUT2D eigenvalue weighted by atomic mass is 16.2. The molecule has 0 aromatic heterocycles. The van der Waals surface area contributed by atoms with Crippen LogP contribution in [0.4, 0.5) is 4.79 Å². The van der Waals surface area contributed by atoms with Crippen LogP contribution >= 0.6 is 0 Å². The summed E-state index contributed by atoms with van der Waals surface area (Å²) < 4.78 is 0. The number of benzene rings is 2. The van der Waals surface area contributed by atoms with Crippen LogP contribution in [0.3, 0.4) is 0 Å². The maximum Gasteiger partial charge on any atom is 0.312 e. The zero-order valence-electron chi connectivity index (χ0n) is 14.4. The van der Waals surface area contributed by atoms with E-state index in [0.29, 0.717) is 6.42 Å². The third-order valence-electron chi connectivity index (χ3n) is 4.01. The van der Waals surface area contributed by atoms with Crippen LogP contribution in [0.5, 0.6) is 0 Å². The molecule has 0 saturated heterocycles. The first-order chi connectivity index (χ1) is 12.0. The molecule has 2 aromatic carbocycles. The maximum atomic E-state index is 12.5. The molecule has 2 atom stereocenters. The van der Waals surface area contributed by atoms with Crippen LogP contribution in [-0.2, 0) is 17.6 Å². The van der Waals surface area contributed by atoms with Gasteiger partial charge in [-0.2, -0.15) is 0 Å². The van der Waals surface area contributed by atoms with Crippen molar-refractivity contribution in [1.82, 2.24) is 10.6 Å². The summed E-state index contributed by atoms with van der Waals surface area (Å²) in [6, 6.07) is 18.3. The first-order valence-corrected chi connectivity index (χ1v) is 8.49. The molecule has 5 nitrogen and oxygen atoms in total. The quantitative estimate of drug-likeness (QED) is 0.690. The van der Waals surface area contributed by atoms with Gasteiger partial charge in [0.1, 0.15) is 6.04 Å². The number of rotatable bonds is 8. The Bertz CT molecular complexity index is 674. The molecule has 0 radical (unpaired) electrons. The number of primary amides is 1. The monoisotopic (exact) mass is 339 g/mol. The molecule has 25 heavy (non-hydrogen) atoms. The lowest BCUT2D eigenvalue weighted by atomic mass is 10.0. The van der Waals surface area contributed by atoms with Crippen molar-refractivity contribution < 1.29 is 9.59 Å². The van der Waals surface area contributed by atoms with E-state index in [0.717, 1.165) is 18.4 Å². The summed E-state index contributed by atoms with van der Waals surface area (Å²) in [4.78, 5) is 23.8. The van der Waals surface area contributed by atoms with Gasteiger partial charge >= 0.3 is 6.03 Å². The number of hydrogen-bond acceptors (Lipinski definition) is 2. The van der Waals surface area contributed by atoms with Gasteiger partial charge in [0.15, 0.2) is 0 Å². The first-order valence-electron chi connectivity index (χ1n) is 8.49. The molecule has 0 unspecified atom stereocenters. The summed E-state index contributed by atoms with van der Waals surface area (Å²) in [5, 5.41) is 5.50. The molecule has 0 heterocycles. The zero-order valence-corrected chi connectivity index (χ0v) is 14.4. The van der Waals surface area contributed by atoms with Gasteiger partial charge in [0, 0.05) is 12.5 Å². The number of aryl methyl sites for hydroxylation is 1. The Kier molecular flexibility index (Phi) is 7.01. The molecule has 2 aromatic rings. The SMILES string of the molecule is C[C@@H](CCc1ccccc1)NC(=O)[C@@H](Cc1ccccc1)NC(N)=O. The molecule has 2 rings (SSSR count). The van der Waals surface area contributed by atoms with Crippen LogP contribution < -0.4 is 16.4 Å². The van der Waals surface area contributed by atoms with Crippen molar-refractivity contribution in [3.63, 3.8) is 0 Å². The summed E-state index contributed by atoms with van der Waals surface area (Å²) in [5.41, 5.74) is 7.42. The molecular weight excluding hydrogens is 314 g/mol. The fourth-order valence-corrected chi connectivity index (χ4v) is 2.67. The van der Waals surface area contributed by atoms with E-state index in [2.05, 4.69) is 22.8 Å². The van der Waals surface area contributed by atoms with Crippen molar-refractivity contribution >= 4 is 11.9 Å². The summed E-state index contributed by atoms with van der Waals surface area (Å²) in [5.74, 6) is -0.219. The van der Waals surface area contributed by atoms with Crippen LogP contribution in [0.25, 0.3) is 0 Å². The Morgan fingerprint density at radius 1 is 0.920 bits per heavy atom. The lowest BCUT2D eigenvalue weighted by Gasteiger charge is -2.21. The number of amides is 3. The average molecular weight is 339 g/mol. The molecule has 4 N–H and O–H groups in total. The highest BCUT2D eigenvalue weighted by Crippen LogP contribution is 2.07. The van der Waals surface area contributed by atoms with E-state index >= 15 is 0 Å². The van der Waals surface area contributed by atoms with E-state index < -0.39 is 12.1 Å². The Balaban J connectivity index is 1.90. The molecule has 0 aliphatic rings. The Morgan fingerprint density at radius 3 is 2.04 bits per heavy atom. The van der Waals surface area contributed by atoms with Crippen LogP contribution in [-0.4, -0.2) is 24.0 Å². The topological polar surface area (TPSA) is 84.2 Å². The van der Waals surface area contributed by atoms with Crippen molar-refractivity contribution in [2.45, 2.75) is 38.3 Å². The van der Waals surface area contributed by atoms with Crippen LogP contribution in [0, 0.1) is 0 Å². The largest absolute Gasteiger partial charge is 0.352 e. The minimum absolute atomic E-state index is 0.000607. The molecule has 5 heteroatoms. The predicted molar refractivity (Wildman–Crippen MR) is 99.0 cm³/mol. The van der Waals surface area contributed by atoms with Gasteiger partial charge in [-0.15, -0.1) is 0 Å². The Hall–Kier alpha value is -2.82. The van der Waals surface area contributed by atoms with Gasteiger partial charge in [0.25, 0.3) is 0 Å². The van der Waals surface area contributed by atoms with Gasteiger partial charge < -0.3 is 16.4 Å². The summed E-state index contributed by atoms with van der Waals surface area (Å²) >= 11 is 0. The van der Waals surface area contributed by atoms with Gasteiger partial charge in [0.05, 0.1) is 0 Å². The maximum absolute atomic E-state index is 12.5. The fourth-order valence-electron chi connectivity index (χ4n) is 2.67. The third-order valence-corrected chi connectivity index (χ3v) is 4.01. The zero-order chi connectivity index (χ0) is 18.1. The van der Waals surface area contributed by atoms with E-state index in [-0.39, 0.29) is 11.9 Å². The van der Waals surface area contributed by atoms with Crippen LogP contribution in [0.2, 0.25) is 0 Å². The first kappa shape index (κ1) is 18.5. The minimum atomic E-state index is -0.701. The molecule has 0 bridgehead atoms. The highest BCUT2D eigenvalue weighted by molar-refractivity contribution is 5.87. The third kappa shape index (κ3) is 6.67. The van der Waals surface area contributed by atoms with E-state index in [4.69, 9.17) is 5.73 Å². The van der Waals surface area contributed by atoms with Crippen molar-refractivity contribution in [2.24, 2.45) is 5.73 Å². The highest BCUT2D eigenvalue weighted by Gasteiger charge is 2.21. The van der Waals surface area contributed by atoms with Crippen molar-refractivity contribution in [3.8, 4) is 0 Å². The van der Waals surface area contributed by atoms with E-state index in [1.165, 1.54) is 5.56 Å². The average Bonchev–Trinajstić information content (AvgIpc) is 2.61. The van der Waals surface area contributed by atoms with E-state index in [1.54, 1.807) is 0 Å². The fraction of sp³-hybridized carbons (Fsp3) is 0.300. The lowest BCUT2D eigenvalue weighted by molar-refractivity contribution is -0.123. The normalized spacial score (nSPS) is 12.8. The van der Waals surface area contributed by atoms with Gasteiger partial charge in [-0.3, -0.25) is 4.79 Å². The number of hydrogen-bond donors (Lipinski definition) is 3. The standard InChI is InChI=1S/C20H25N3O2/c1-15(12-13-16-8-4-2-5-9-16)22-19(24)18(23-20(21)25)14-17-10-6-3-7-11-17/h2-11,15,18H,12-14H2,1H3,(H,22,24)(H3,21,23,25)/t15-,18+/m0/s1. The minimum Gasteiger partial charge on any atom is -0.352 e. The number of urea groups is 1. The van der Waals surface area contributed by atoms with Crippen molar-refractivity contribution in [2.75, 3.05) is 0 Å². The van der Waals surface area contributed by atoms with E-state index in [9.17, 15) is 9.59 Å². The smallest absolute Gasteiger partial charge is 0.312 e. The number of carbonyl (C=O) groups excluding carboxylic acids is 2.